The van der Waals surface area contributed by atoms with Crippen LogP contribution in [-0.4, -0.2) is 70.0 Å². The number of carbonyl (C=O) groups excluding carboxylic acids is 2. The zero-order chi connectivity index (χ0) is 39.3. The van der Waals surface area contributed by atoms with Gasteiger partial charge in [0, 0.05) is 12.8 Å². The number of nitrogens with zero attached hydrogens (tertiary/aromatic N) is 1. The highest BCUT2D eigenvalue weighted by atomic mass is 31.2. The molecule has 0 rings (SSSR count). The van der Waals surface area contributed by atoms with Gasteiger partial charge in [-0.2, -0.15) is 0 Å². The molecule has 0 N–H and O–H groups in total. The second-order valence-corrected chi connectivity index (χ2v) is 17.1. The van der Waals surface area contributed by atoms with Gasteiger partial charge in [-0.3, -0.25) is 14.2 Å². The van der Waals surface area contributed by atoms with Crippen LogP contribution in [-0.2, 0) is 32.7 Å². The summed E-state index contributed by atoms with van der Waals surface area (Å²) in [6.45, 7) is 4.20. The van der Waals surface area contributed by atoms with Crippen molar-refractivity contribution in [1.82, 2.24) is 0 Å². The van der Waals surface area contributed by atoms with Crippen LogP contribution in [0.3, 0.4) is 0 Å². The lowest BCUT2D eigenvalue weighted by atomic mass is 10.1. The molecule has 0 aromatic rings. The quantitative estimate of drug-likeness (QED) is 0.0200. The van der Waals surface area contributed by atoms with Gasteiger partial charge in [0.1, 0.15) is 19.8 Å². The van der Waals surface area contributed by atoms with E-state index in [0.29, 0.717) is 17.4 Å². The van der Waals surface area contributed by atoms with Crippen LogP contribution in [0.1, 0.15) is 187 Å². The van der Waals surface area contributed by atoms with Gasteiger partial charge in [0.05, 0.1) is 27.7 Å². The fourth-order valence-corrected chi connectivity index (χ4v) is 6.53. The molecule has 0 aromatic heterocycles. The molecule has 2 atom stereocenters. The van der Waals surface area contributed by atoms with Crippen LogP contribution in [0.5, 0.6) is 0 Å². The highest BCUT2D eigenvalue weighted by Gasteiger charge is 2.21. The molecule has 0 spiro atoms. The first kappa shape index (κ1) is 51.5. The molecule has 0 aliphatic carbocycles. The van der Waals surface area contributed by atoms with Crippen molar-refractivity contribution in [3.8, 4) is 0 Å². The Morgan fingerprint density at radius 3 is 1.51 bits per heavy atom. The molecule has 0 bridgehead atoms. The number of esters is 2. The third-order valence-electron chi connectivity index (χ3n) is 9.22. The van der Waals surface area contributed by atoms with Gasteiger partial charge in [-0.05, 0) is 44.9 Å². The van der Waals surface area contributed by atoms with Crippen molar-refractivity contribution in [3.05, 3.63) is 24.3 Å². The number of phosphoric ester groups is 1. The highest BCUT2D eigenvalue weighted by molar-refractivity contribution is 7.45. The Labute approximate surface area is 326 Å². The predicted molar refractivity (Wildman–Crippen MR) is 218 cm³/mol. The van der Waals surface area contributed by atoms with Crippen LogP contribution in [0.2, 0.25) is 0 Å². The molecule has 0 aliphatic heterocycles. The van der Waals surface area contributed by atoms with Gasteiger partial charge in [0.15, 0.2) is 6.10 Å². The second-order valence-electron chi connectivity index (χ2n) is 15.7. The molecular weight excluding hydrogens is 689 g/mol. The molecule has 312 valence electrons. The summed E-state index contributed by atoms with van der Waals surface area (Å²) >= 11 is 0. The number of carbonyl (C=O) groups is 2. The molecule has 0 heterocycles. The van der Waals surface area contributed by atoms with Gasteiger partial charge in [-0.25, -0.2) is 0 Å². The van der Waals surface area contributed by atoms with Crippen LogP contribution < -0.4 is 4.89 Å². The maximum absolute atomic E-state index is 12.7. The Hall–Kier alpha value is -1.51. The van der Waals surface area contributed by atoms with E-state index in [-0.39, 0.29) is 32.0 Å². The summed E-state index contributed by atoms with van der Waals surface area (Å²) in [6, 6.07) is 0. The summed E-state index contributed by atoms with van der Waals surface area (Å²) in [4.78, 5) is 37.4. The molecule has 0 saturated carbocycles. The van der Waals surface area contributed by atoms with E-state index < -0.39 is 26.5 Å². The van der Waals surface area contributed by atoms with Crippen molar-refractivity contribution in [1.29, 1.82) is 0 Å². The van der Waals surface area contributed by atoms with Gasteiger partial charge >= 0.3 is 11.9 Å². The number of rotatable bonds is 39. The Balaban J connectivity index is 4.35. The fourth-order valence-electron chi connectivity index (χ4n) is 5.80. The molecular formula is C43H82NO8P. The molecule has 0 radical (unpaired) electrons. The average Bonchev–Trinajstić information content (AvgIpc) is 3.10. The maximum atomic E-state index is 12.7. The third-order valence-corrected chi connectivity index (χ3v) is 10.2. The van der Waals surface area contributed by atoms with Crippen LogP contribution in [0, 0.1) is 0 Å². The maximum Gasteiger partial charge on any atom is 0.306 e. The van der Waals surface area contributed by atoms with Gasteiger partial charge < -0.3 is 27.9 Å². The monoisotopic (exact) mass is 772 g/mol. The minimum absolute atomic E-state index is 0.0309. The van der Waals surface area contributed by atoms with E-state index in [1.54, 1.807) is 0 Å². The molecule has 0 saturated heterocycles. The number of quaternary nitrogens is 1. The molecule has 53 heavy (non-hydrogen) atoms. The predicted octanol–water partition coefficient (Wildman–Crippen LogP) is 11.3. The molecule has 0 amide bonds. The standard InChI is InChI=1S/C43H82NO8P/c1-6-8-10-12-14-16-18-19-20-21-22-23-24-26-28-30-32-34-36-43(46)52-41(40-51-53(47,48)50-38-37-44(3,4)5)39-49-42(45)35-33-31-29-27-25-17-15-13-11-9-7-2/h16,18,20-21,41H,6-15,17,19,22-40H2,1-5H3/b18-16-,21-20-. The largest absolute Gasteiger partial charge is 0.756 e. The van der Waals surface area contributed by atoms with Crippen molar-refractivity contribution >= 4 is 19.8 Å². The molecule has 0 aliphatic rings. The van der Waals surface area contributed by atoms with Crippen LogP contribution in [0.15, 0.2) is 24.3 Å². The van der Waals surface area contributed by atoms with Crippen LogP contribution in [0.25, 0.3) is 0 Å². The van der Waals surface area contributed by atoms with Crippen molar-refractivity contribution in [2.24, 2.45) is 0 Å². The minimum atomic E-state index is -4.62. The lowest BCUT2D eigenvalue weighted by Crippen LogP contribution is -2.37. The van der Waals surface area contributed by atoms with Gasteiger partial charge in [-0.15, -0.1) is 0 Å². The van der Waals surface area contributed by atoms with Crippen molar-refractivity contribution in [2.45, 2.75) is 193 Å². The number of hydrogen-bond donors (Lipinski definition) is 0. The summed E-state index contributed by atoms with van der Waals surface area (Å²) in [6.07, 6.45) is 37.7. The lowest BCUT2D eigenvalue weighted by Gasteiger charge is -2.28. The zero-order valence-corrected chi connectivity index (χ0v) is 35.9. The van der Waals surface area contributed by atoms with Gasteiger partial charge in [0.2, 0.25) is 0 Å². The lowest BCUT2D eigenvalue weighted by molar-refractivity contribution is -0.870. The van der Waals surface area contributed by atoms with E-state index in [1.807, 2.05) is 21.1 Å². The van der Waals surface area contributed by atoms with Crippen molar-refractivity contribution in [3.63, 3.8) is 0 Å². The van der Waals surface area contributed by atoms with E-state index in [1.165, 1.54) is 103 Å². The Kier molecular flexibility index (Phi) is 35.1. The number of ether oxygens (including phenoxy) is 2. The number of unbranched alkanes of at least 4 members (excludes halogenated alkanes) is 21. The topological polar surface area (TPSA) is 111 Å². The van der Waals surface area contributed by atoms with Gasteiger partial charge in [0.25, 0.3) is 7.82 Å². The van der Waals surface area contributed by atoms with Gasteiger partial charge in [-0.1, -0.05) is 154 Å². The number of phosphoric acid groups is 1. The summed E-state index contributed by atoms with van der Waals surface area (Å²) < 4.78 is 33.8. The summed E-state index contributed by atoms with van der Waals surface area (Å²) in [5.74, 6) is -0.840. The summed E-state index contributed by atoms with van der Waals surface area (Å²) in [7, 11) is 1.16. The first-order valence-corrected chi connectivity index (χ1v) is 23.0. The van der Waals surface area contributed by atoms with E-state index in [4.69, 9.17) is 18.5 Å². The molecule has 0 fully saturated rings. The van der Waals surface area contributed by atoms with Crippen molar-refractivity contribution < 1.29 is 42.1 Å². The van der Waals surface area contributed by atoms with E-state index in [0.717, 1.165) is 51.4 Å². The first-order valence-electron chi connectivity index (χ1n) is 21.5. The van der Waals surface area contributed by atoms with Crippen LogP contribution in [0.4, 0.5) is 0 Å². The number of likely N-dealkylation sites (N-methyl/N-ethyl adjacent to an activating group) is 1. The van der Waals surface area contributed by atoms with Crippen LogP contribution >= 0.6 is 7.82 Å². The first-order chi connectivity index (χ1) is 25.5. The minimum Gasteiger partial charge on any atom is -0.756 e. The average molecular weight is 772 g/mol. The molecule has 2 unspecified atom stereocenters. The van der Waals surface area contributed by atoms with E-state index in [9.17, 15) is 19.0 Å². The van der Waals surface area contributed by atoms with Crippen molar-refractivity contribution in [2.75, 3.05) is 47.5 Å². The molecule has 10 heteroatoms. The smallest absolute Gasteiger partial charge is 0.306 e. The normalized spacial score (nSPS) is 13.8. The third kappa shape index (κ3) is 40.0. The highest BCUT2D eigenvalue weighted by Crippen LogP contribution is 2.38. The fraction of sp³-hybridized carbons (Fsp3) is 0.860. The number of hydrogen-bond acceptors (Lipinski definition) is 8. The SMILES string of the molecule is CCCCCC/C=C\C/C=C\CCCCCCCCCC(=O)OC(COC(=O)CCCCCCCCCCCCC)COP(=O)([O-])OCC[N+](C)(C)C. The Bertz CT molecular complexity index is 964. The zero-order valence-electron chi connectivity index (χ0n) is 35.0. The summed E-state index contributed by atoms with van der Waals surface area (Å²) in [5, 5.41) is 0. The van der Waals surface area contributed by atoms with E-state index >= 15 is 0 Å². The Morgan fingerprint density at radius 2 is 1.02 bits per heavy atom. The second kappa shape index (κ2) is 36.1. The molecule has 9 nitrogen and oxygen atoms in total. The Morgan fingerprint density at radius 1 is 0.585 bits per heavy atom. The summed E-state index contributed by atoms with van der Waals surface area (Å²) in [5.41, 5.74) is 0. The molecule has 0 aromatic carbocycles. The number of allylic oxidation sites excluding steroid dienone is 4. The van der Waals surface area contributed by atoms with E-state index in [2.05, 4.69) is 38.2 Å².